The number of hydrogen-bond donors (Lipinski definition) is 3. The van der Waals surface area contributed by atoms with E-state index in [1.807, 2.05) is 36.4 Å². The van der Waals surface area contributed by atoms with E-state index < -0.39 is 6.36 Å². The number of aromatic nitrogens is 1. The average Bonchev–Trinajstić information content (AvgIpc) is 3.25. The number of hydrogen-bond acceptors (Lipinski definition) is 4. The number of carbonyl (C=O) groups is 1. The van der Waals surface area contributed by atoms with Gasteiger partial charge < -0.3 is 20.1 Å². The van der Waals surface area contributed by atoms with Crippen molar-refractivity contribution in [3.8, 4) is 11.5 Å². The first-order chi connectivity index (χ1) is 18.7. The van der Waals surface area contributed by atoms with Crippen LogP contribution in [0.4, 0.5) is 13.2 Å². The number of phenols is 1. The Morgan fingerprint density at radius 1 is 1.10 bits per heavy atom. The van der Waals surface area contributed by atoms with Gasteiger partial charge in [0.2, 0.25) is 0 Å². The van der Waals surface area contributed by atoms with E-state index in [2.05, 4.69) is 19.9 Å². The highest BCUT2D eigenvalue weighted by Crippen LogP contribution is 2.30. The van der Waals surface area contributed by atoms with E-state index in [4.69, 9.17) is 0 Å². The lowest BCUT2D eigenvalue weighted by Gasteiger charge is -2.27. The molecule has 0 saturated heterocycles. The highest BCUT2D eigenvalue weighted by Gasteiger charge is 2.31. The minimum absolute atomic E-state index is 0.147. The van der Waals surface area contributed by atoms with Gasteiger partial charge in [-0.25, -0.2) is 0 Å². The molecule has 0 fully saturated rings. The molecular formula is C30H28F3N3O3. The molecule has 3 aromatic carbocycles. The first-order valence-electron chi connectivity index (χ1n) is 12.7. The number of amides is 1. The molecule has 0 atom stereocenters. The summed E-state index contributed by atoms with van der Waals surface area (Å²) in [4.78, 5) is 18.7. The predicted molar refractivity (Wildman–Crippen MR) is 143 cm³/mol. The van der Waals surface area contributed by atoms with Crippen molar-refractivity contribution >= 4 is 22.9 Å². The molecule has 4 aromatic rings. The number of halogens is 3. The topological polar surface area (TPSA) is 77.6 Å². The van der Waals surface area contributed by atoms with Crippen LogP contribution in [0.15, 0.2) is 72.8 Å². The van der Waals surface area contributed by atoms with Gasteiger partial charge in [-0.15, -0.1) is 13.2 Å². The van der Waals surface area contributed by atoms with E-state index in [1.165, 1.54) is 29.8 Å². The molecule has 1 aliphatic rings. The molecular weight excluding hydrogens is 507 g/mol. The number of ether oxygens (including phenoxy) is 1. The van der Waals surface area contributed by atoms with Crippen LogP contribution in [-0.2, 0) is 19.5 Å². The summed E-state index contributed by atoms with van der Waals surface area (Å²) in [6.45, 7) is 2.64. The first-order valence-corrected chi connectivity index (χ1v) is 12.7. The maximum Gasteiger partial charge on any atom is 0.573 e. The normalized spacial score (nSPS) is 14.0. The van der Waals surface area contributed by atoms with Gasteiger partial charge >= 0.3 is 6.36 Å². The molecule has 0 saturated carbocycles. The Bertz CT molecular complexity index is 1490. The molecule has 9 heteroatoms. The Labute approximate surface area is 223 Å². The van der Waals surface area contributed by atoms with E-state index in [0.29, 0.717) is 25.1 Å². The lowest BCUT2D eigenvalue weighted by molar-refractivity contribution is -0.274. The summed E-state index contributed by atoms with van der Waals surface area (Å²) in [6, 6.07) is 18.6. The lowest BCUT2D eigenvalue weighted by Crippen LogP contribution is -2.31. The number of alkyl halides is 3. The van der Waals surface area contributed by atoms with Crippen LogP contribution in [0.25, 0.3) is 17.0 Å². The van der Waals surface area contributed by atoms with Crippen molar-refractivity contribution in [1.82, 2.24) is 15.2 Å². The van der Waals surface area contributed by atoms with Crippen LogP contribution in [0.2, 0.25) is 0 Å². The fourth-order valence-corrected chi connectivity index (χ4v) is 4.90. The summed E-state index contributed by atoms with van der Waals surface area (Å²) in [5, 5.41) is 13.9. The summed E-state index contributed by atoms with van der Waals surface area (Å²) in [5.41, 5.74) is 5.71. The number of aromatic amines is 1. The van der Waals surface area contributed by atoms with E-state index in [-0.39, 0.29) is 17.4 Å². The lowest BCUT2D eigenvalue weighted by atomic mass is 10.0. The third-order valence-corrected chi connectivity index (χ3v) is 6.71. The second kappa shape index (κ2) is 11.2. The minimum Gasteiger partial charge on any atom is -0.508 e. The fourth-order valence-electron chi connectivity index (χ4n) is 4.90. The Hall–Kier alpha value is -4.24. The molecule has 0 unspecified atom stereocenters. The van der Waals surface area contributed by atoms with Crippen molar-refractivity contribution in [3.05, 3.63) is 101 Å². The number of phenolic OH excluding ortho intramolecular Hbond substituents is 1. The second-order valence-corrected chi connectivity index (χ2v) is 9.49. The van der Waals surface area contributed by atoms with Gasteiger partial charge in [-0.3, -0.25) is 9.69 Å². The molecule has 0 bridgehead atoms. The predicted octanol–water partition coefficient (Wildman–Crippen LogP) is 6.16. The van der Waals surface area contributed by atoms with Crippen molar-refractivity contribution < 1.29 is 27.8 Å². The van der Waals surface area contributed by atoms with Gasteiger partial charge in [0.15, 0.2) is 0 Å². The molecule has 0 aliphatic carbocycles. The van der Waals surface area contributed by atoms with Crippen molar-refractivity contribution in [1.29, 1.82) is 0 Å². The van der Waals surface area contributed by atoms with Crippen LogP contribution in [0.5, 0.6) is 11.5 Å². The number of aromatic hydroxyl groups is 1. The SMILES string of the molecule is O=C(NCC/C=C/c1ccc(OC(F)(F)F)cc1)c1ccccc1CN1CCc2c([nH]c3ccc(O)cc23)C1. The first kappa shape index (κ1) is 26.4. The van der Waals surface area contributed by atoms with Gasteiger partial charge in [0.25, 0.3) is 5.91 Å². The van der Waals surface area contributed by atoms with E-state index in [1.54, 1.807) is 18.2 Å². The summed E-state index contributed by atoms with van der Waals surface area (Å²) < 4.78 is 40.7. The van der Waals surface area contributed by atoms with Crippen LogP contribution >= 0.6 is 0 Å². The fraction of sp³-hybridized carbons (Fsp3) is 0.233. The Morgan fingerprint density at radius 3 is 2.69 bits per heavy atom. The molecule has 39 heavy (non-hydrogen) atoms. The Balaban J connectivity index is 1.14. The number of nitrogens with zero attached hydrogens (tertiary/aromatic N) is 1. The number of benzene rings is 3. The smallest absolute Gasteiger partial charge is 0.508 e. The van der Waals surface area contributed by atoms with Crippen LogP contribution in [0.1, 0.15) is 39.2 Å². The highest BCUT2D eigenvalue weighted by atomic mass is 19.4. The van der Waals surface area contributed by atoms with Gasteiger partial charge in [-0.1, -0.05) is 42.5 Å². The maximum absolute atomic E-state index is 13.0. The number of H-pyrrole nitrogens is 1. The molecule has 0 radical (unpaired) electrons. The summed E-state index contributed by atoms with van der Waals surface area (Å²) in [6.07, 6.45) is 0.357. The maximum atomic E-state index is 13.0. The third-order valence-electron chi connectivity index (χ3n) is 6.71. The van der Waals surface area contributed by atoms with Crippen LogP contribution < -0.4 is 10.1 Å². The molecule has 1 amide bonds. The summed E-state index contributed by atoms with van der Waals surface area (Å²) in [7, 11) is 0. The largest absolute Gasteiger partial charge is 0.573 e. The third kappa shape index (κ3) is 6.61. The van der Waals surface area contributed by atoms with Crippen LogP contribution in [0, 0.1) is 0 Å². The van der Waals surface area contributed by atoms with Gasteiger partial charge in [0.05, 0.1) is 0 Å². The number of nitrogens with one attached hydrogen (secondary N) is 2. The van der Waals surface area contributed by atoms with Gasteiger partial charge in [0.1, 0.15) is 11.5 Å². The molecule has 6 nitrogen and oxygen atoms in total. The standard InChI is InChI=1S/C30H28F3N3O3/c31-30(32,33)39-23-11-8-20(9-12-23)5-3-4-15-34-29(38)24-7-2-1-6-21(24)18-36-16-14-25-26-17-22(37)10-13-27(26)35-28(25)19-36/h1-3,5-13,17,35,37H,4,14-16,18-19H2,(H,34,38)/b5-3+. The monoisotopic (exact) mass is 535 g/mol. The van der Waals surface area contributed by atoms with Gasteiger partial charge in [-0.2, -0.15) is 0 Å². The quantitative estimate of drug-likeness (QED) is 0.236. The zero-order valence-corrected chi connectivity index (χ0v) is 21.1. The van der Waals surface area contributed by atoms with E-state index in [9.17, 15) is 23.1 Å². The zero-order valence-electron chi connectivity index (χ0n) is 21.1. The van der Waals surface area contributed by atoms with Crippen LogP contribution in [0.3, 0.4) is 0 Å². The molecule has 1 aliphatic heterocycles. The molecule has 3 N–H and O–H groups in total. The second-order valence-electron chi connectivity index (χ2n) is 9.49. The van der Waals surface area contributed by atoms with Crippen LogP contribution in [-0.4, -0.2) is 40.3 Å². The van der Waals surface area contributed by atoms with Crippen molar-refractivity contribution in [2.24, 2.45) is 0 Å². The highest BCUT2D eigenvalue weighted by molar-refractivity contribution is 5.95. The number of rotatable bonds is 8. The molecule has 2 heterocycles. The summed E-state index contributed by atoms with van der Waals surface area (Å²) in [5.74, 6) is -0.153. The number of fused-ring (bicyclic) bond motifs is 3. The minimum atomic E-state index is -4.71. The molecule has 0 spiro atoms. The zero-order chi connectivity index (χ0) is 27.4. The van der Waals surface area contributed by atoms with E-state index in [0.717, 1.165) is 47.2 Å². The average molecular weight is 536 g/mol. The van der Waals surface area contributed by atoms with Crippen molar-refractivity contribution in [2.75, 3.05) is 13.1 Å². The molecule has 202 valence electrons. The molecule has 5 rings (SSSR count). The Morgan fingerprint density at radius 2 is 1.90 bits per heavy atom. The van der Waals surface area contributed by atoms with Crippen molar-refractivity contribution in [2.45, 2.75) is 32.3 Å². The Kier molecular flexibility index (Phi) is 7.60. The van der Waals surface area contributed by atoms with Crippen molar-refractivity contribution in [3.63, 3.8) is 0 Å². The van der Waals surface area contributed by atoms with Gasteiger partial charge in [0, 0.05) is 48.3 Å². The van der Waals surface area contributed by atoms with E-state index >= 15 is 0 Å². The van der Waals surface area contributed by atoms with Gasteiger partial charge in [-0.05, 0) is 65.9 Å². The summed E-state index contributed by atoms with van der Waals surface area (Å²) >= 11 is 0. The molecule has 1 aromatic heterocycles. The number of carbonyl (C=O) groups excluding carboxylic acids is 1.